The van der Waals surface area contributed by atoms with E-state index in [1.165, 1.54) is 25.4 Å². The molecular weight excluding hydrogens is 275 g/mol. The van der Waals surface area contributed by atoms with Crippen molar-refractivity contribution in [1.29, 1.82) is 5.26 Å². The molecule has 2 aromatic rings. The van der Waals surface area contributed by atoms with Gasteiger partial charge >= 0.3 is 5.97 Å². The van der Waals surface area contributed by atoms with Gasteiger partial charge in [-0.3, -0.25) is 0 Å². The normalized spacial score (nSPS) is 11.7. The Labute approximate surface area is 119 Å². The summed E-state index contributed by atoms with van der Waals surface area (Å²) in [5, 5.41) is 8.84. The van der Waals surface area contributed by atoms with Gasteiger partial charge < -0.3 is 9.47 Å². The third-order valence-electron chi connectivity index (χ3n) is 3.25. The van der Waals surface area contributed by atoms with Crippen LogP contribution in [0, 0.1) is 17.1 Å². The lowest BCUT2D eigenvalue weighted by Gasteiger charge is -2.21. The number of pyridine rings is 1. The number of rotatable bonds is 1. The van der Waals surface area contributed by atoms with Gasteiger partial charge in [0.2, 0.25) is 0 Å². The van der Waals surface area contributed by atoms with Crippen molar-refractivity contribution in [3.8, 4) is 22.9 Å². The van der Waals surface area contributed by atoms with Crippen molar-refractivity contribution in [3.63, 3.8) is 0 Å². The van der Waals surface area contributed by atoms with E-state index in [-0.39, 0.29) is 17.9 Å². The van der Waals surface area contributed by atoms with E-state index in [1.54, 1.807) is 6.07 Å². The molecule has 1 aromatic heterocycles. The lowest BCUT2D eigenvalue weighted by molar-refractivity contribution is 0.0595. The Bertz CT molecular complexity index is 796. The molecule has 0 saturated carbocycles. The van der Waals surface area contributed by atoms with E-state index in [4.69, 9.17) is 10.00 Å². The molecule has 0 saturated heterocycles. The lowest BCUT2D eigenvalue weighted by atomic mass is 9.97. The van der Waals surface area contributed by atoms with Crippen LogP contribution in [0.3, 0.4) is 0 Å². The van der Waals surface area contributed by atoms with Gasteiger partial charge in [0.15, 0.2) is 0 Å². The highest BCUT2D eigenvalue weighted by Crippen LogP contribution is 2.38. The number of hydrogen-bond donors (Lipinski definition) is 0. The van der Waals surface area contributed by atoms with Gasteiger partial charge in [-0.2, -0.15) is 5.26 Å². The Morgan fingerprint density at radius 2 is 2.24 bits per heavy atom. The molecule has 0 aliphatic carbocycles. The quantitative estimate of drug-likeness (QED) is 0.752. The molecule has 1 aromatic carbocycles. The summed E-state index contributed by atoms with van der Waals surface area (Å²) in [6.45, 7) is 0.228. The first-order chi connectivity index (χ1) is 10.1. The van der Waals surface area contributed by atoms with Crippen molar-refractivity contribution in [3.05, 3.63) is 47.0 Å². The highest BCUT2D eigenvalue weighted by atomic mass is 19.1. The number of hydrogen-bond acceptors (Lipinski definition) is 5. The molecule has 0 spiro atoms. The van der Waals surface area contributed by atoms with Crippen molar-refractivity contribution >= 4 is 5.97 Å². The number of nitrogens with zero attached hydrogens (tertiary/aromatic N) is 2. The summed E-state index contributed by atoms with van der Waals surface area (Å²) in [6.07, 6.45) is 1.51. The Morgan fingerprint density at radius 1 is 1.43 bits per heavy atom. The maximum absolute atomic E-state index is 14.0. The monoisotopic (exact) mass is 284 g/mol. The van der Waals surface area contributed by atoms with Crippen LogP contribution in [-0.4, -0.2) is 18.1 Å². The molecule has 0 fully saturated rings. The van der Waals surface area contributed by atoms with Gasteiger partial charge in [-0.05, 0) is 18.2 Å². The van der Waals surface area contributed by atoms with Gasteiger partial charge in [0.25, 0.3) is 0 Å². The molecule has 2 heterocycles. The number of methoxy groups -OCH3 is 1. The zero-order chi connectivity index (χ0) is 15.0. The third-order valence-corrected chi connectivity index (χ3v) is 3.25. The van der Waals surface area contributed by atoms with Gasteiger partial charge in [-0.1, -0.05) is 0 Å². The average Bonchev–Trinajstić information content (AvgIpc) is 2.52. The molecule has 0 amide bonds. The molecule has 0 atom stereocenters. The SMILES string of the molecule is COC(=O)c1cc2c(cc1F)-c1cnc(C#N)cc1CO2. The Morgan fingerprint density at radius 3 is 2.95 bits per heavy atom. The van der Waals surface area contributed by atoms with Crippen LogP contribution in [0.25, 0.3) is 11.1 Å². The number of carbonyl (C=O) groups excluding carboxylic acids is 1. The number of esters is 1. The number of ether oxygens (including phenoxy) is 2. The highest BCUT2D eigenvalue weighted by molar-refractivity contribution is 5.92. The van der Waals surface area contributed by atoms with Gasteiger partial charge in [0, 0.05) is 22.9 Å². The fourth-order valence-electron chi connectivity index (χ4n) is 2.23. The number of aromatic nitrogens is 1. The zero-order valence-electron chi connectivity index (χ0n) is 11.0. The minimum absolute atomic E-state index is 0.179. The topological polar surface area (TPSA) is 72.2 Å². The van der Waals surface area contributed by atoms with E-state index in [2.05, 4.69) is 9.72 Å². The molecule has 104 valence electrons. The van der Waals surface area contributed by atoms with Crippen LogP contribution in [-0.2, 0) is 11.3 Å². The molecular formula is C15H9FN2O3. The number of halogens is 1. The van der Waals surface area contributed by atoms with Crippen molar-refractivity contribution in [2.24, 2.45) is 0 Å². The van der Waals surface area contributed by atoms with Crippen LogP contribution in [0.5, 0.6) is 5.75 Å². The maximum atomic E-state index is 14.0. The van der Waals surface area contributed by atoms with Crippen LogP contribution in [0.4, 0.5) is 4.39 Å². The average molecular weight is 284 g/mol. The summed E-state index contributed by atoms with van der Waals surface area (Å²) in [5.41, 5.74) is 2.02. The summed E-state index contributed by atoms with van der Waals surface area (Å²) in [7, 11) is 1.19. The molecule has 6 heteroatoms. The molecule has 0 unspecified atom stereocenters. The second kappa shape index (κ2) is 4.87. The molecule has 0 bridgehead atoms. The van der Waals surface area contributed by atoms with E-state index in [9.17, 15) is 9.18 Å². The summed E-state index contributed by atoms with van der Waals surface area (Å²) >= 11 is 0. The van der Waals surface area contributed by atoms with E-state index >= 15 is 0 Å². The number of fused-ring (bicyclic) bond motifs is 3. The van der Waals surface area contributed by atoms with Crippen LogP contribution < -0.4 is 4.74 Å². The van der Waals surface area contributed by atoms with Gasteiger partial charge in [-0.15, -0.1) is 0 Å². The summed E-state index contributed by atoms with van der Waals surface area (Å²) in [6, 6.07) is 6.08. The zero-order valence-corrected chi connectivity index (χ0v) is 11.0. The van der Waals surface area contributed by atoms with Crippen molar-refractivity contribution < 1.29 is 18.7 Å². The predicted octanol–water partition coefficient (Wildman–Crippen LogP) is 2.44. The predicted molar refractivity (Wildman–Crippen MR) is 70.0 cm³/mol. The molecule has 1 aliphatic heterocycles. The second-order valence-corrected chi connectivity index (χ2v) is 4.45. The fourth-order valence-corrected chi connectivity index (χ4v) is 2.23. The van der Waals surface area contributed by atoms with Crippen molar-refractivity contribution in [1.82, 2.24) is 4.98 Å². The largest absolute Gasteiger partial charge is 0.488 e. The molecule has 0 N–H and O–H groups in total. The van der Waals surface area contributed by atoms with E-state index in [1.807, 2.05) is 6.07 Å². The molecule has 1 aliphatic rings. The van der Waals surface area contributed by atoms with E-state index < -0.39 is 11.8 Å². The number of nitriles is 1. The first-order valence-corrected chi connectivity index (χ1v) is 6.08. The van der Waals surface area contributed by atoms with Crippen LogP contribution >= 0.6 is 0 Å². The Kier molecular flexibility index (Phi) is 3.03. The van der Waals surface area contributed by atoms with Crippen molar-refractivity contribution in [2.75, 3.05) is 7.11 Å². The van der Waals surface area contributed by atoms with Gasteiger partial charge in [0.1, 0.15) is 29.9 Å². The highest BCUT2D eigenvalue weighted by Gasteiger charge is 2.23. The molecule has 0 radical (unpaired) electrons. The number of benzene rings is 1. The lowest BCUT2D eigenvalue weighted by Crippen LogP contribution is -2.10. The second-order valence-electron chi connectivity index (χ2n) is 4.45. The number of carbonyl (C=O) groups is 1. The maximum Gasteiger partial charge on any atom is 0.340 e. The Hall–Kier alpha value is -2.94. The van der Waals surface area contributed by atoms with E-state index in [0.717, 1.165) is 5.56 Å². The summed E-state index contributed by atoms with van der Waals surface area (Å²) in [5.74, 6) is -1.07. The molecule has 5 nitrogen and oxygen atoms in total. The third kappa shape index (κ3) is 2.09. The van der Waals surface area contributed by atoms with Crippen LogP contribution in [0.15, 0.2) is 24.4 Å². The minimum atomic E-state index is -0.761. The molecule has 3 rings (SSSR count). The minimum Gasteiger partial charge on any atom is -0.488 e. The fraction of sp³-hybridized carbons (Fsp3) is 0.133. The summed E-state index contributed by atoms with van der Waals surface area (Å²) < 4.78 is 24.1. The smallest absolute Gasteiger partial charge is 0.340 e. The van der Waals surface area contributed by atoms with Crippen LogP contribution in [0.2, 0.25) is 0 Å². The standard InChI is InChI=1S/C15H9FN2O3/c1-20-15(19)11-4-14-10(3-13(11)16)12-6-18-9(5-17)2-8(12)7-21-14/h2-4,6H,7H2,1H3. The first-order valence-electron chi connectivity index (χ1n) is 6.08. The Balaban J connectivity index is 2.16. The molecule has 21 heavy (non-hydrogen) atoms. The van der Waals surface area contributed by atoms with Crippen molar-refractivity contribution in [2.45, 2.75) is 6.61 Å². The first kappa shape index (κ1) is 13.1. The van der Waals surface area contributed by atoms with Crippen LogP contribution in [0.1, 0.15) is 21.6 Å². The summed E-state index contributed by atoms with van der Waals surface area (Å²) in [4.78, 5) is 15.5. The van der Waals surface area contributed by atoms with E-state index in [0.29, 0.717) is 16.9 Å². The van der Waals surface area contributed by atoms with Gasteiger partial charge in [0.05, 0.1) is 12.7 Å². The van der Waals surface area contributed by atoms with Gasteiger partial charge in [-0.25, -0.2) is 14.2 Å².